The van der Waals surface area contributed by atoms with Crippen LogP contribution in [-0.2, 0) is 4.74 Å². The molecule has 0 aliphatic rings. The summed E-state index contributed by atoms with van der Waals surface area (Å²) in [5.74, 6) is 5.68. The summed E-state index contributed by atoms with van der Waals surface area (Å²) in [6.45, 7) is 5.64. The number of rotatable bonds is 5. The van der Waals surface area contributed by atoms with Crippen LogP contribution in [0.4, 0.5) is 5.69 Å². The Morgan fingerprint density at radius 1 is 1.29 bits per heavy atom. The van der Waals surface area contributed by atoms with E-state index in [0.717, 1.165) is 11.3 Å². The monoisotopic (exact) mass is 373 g/mol. The first-order valence-electron chi connectivity index (χ1n) is 8.65. The van der Waals surface area contributed by atoms with Crippen LogP contribution in [0.3, 0.4) is 0 Å². The molecule has 0 saturated heterocycles. The van der Waals surface area contributed by atoms with Gasteiger partial charge in [0.1, 0.15) is 5.75 Å². The third-order valence-electron chi connectivity index (χ3n) is 3.91. The van der Waals surface area contributed by atoms with E-state index in [2.05, 4.69) is 33.9 Å². The summed E-state index contributed by atoms with van der Waals surface area (Å²) in [5, 5.41) is 20.1. The van der Waals surface area contributed by atoms with Crippen LogP contribution in [0.5, 0.6) is 5.75 Å². The second-order valence-electron chi connectivity index (χ2n) is 5.79. The Bertz CT molecular complexity index is 1060. The van der Waals surface area contributed by atoms with Crippen LogP contribution in [0.15, 0.2) is 61.4 Å². The molecule has 3 rings (SSSR count). The van der Waals surface area contributed by atoms with Gasteiger partial charge in [0.05, 0.1) is 29.6 Å². The SMILES string of the molecule is C=CNc1ccc(C#Cc2cn[nH]c2-c2cc(C(=O)OCC)ccc2O)cc1. The van der Waals surface area contributed by atoms with Gasteiger partial charge in [0.2, 0.25) is 0 Å². The Morgan fingerprint density at radius 2 is 2.07 bits per heavy atom. The highest BCUT2D eigenvalue weighted by atomic mass is 16.5. The molecule has 0 saturated carbocycles. The summed E-state index contributed by atoms with van der Waals surface area (Å²) in [7, 11) is 0. The number of hydrogen-bond donors (Lipinski definition) is 3. The van der Waals surface area contributed by atoms with E-state index in [1.165, 1.54) is 12.1 Å². The molecule has 0 aliphatic carbocycles. The highest BCUT2D eigenvalue weighted by Gasteiger charge is 2.15. The van der Waals surface area contributed by atoms with E-state index in [1.54, 1.807) is 25.4 Å². The Balaban J connectivity index is 1.92. The number of aromatic amines is 1. The number of nitrogens with zero attached hydrogens (tertiary/aromatic N) is 1. The summed E-state index contributed by atoms with van der Waals surface area (Å²) in [6.07, 6.45) is 3.18. The van der Waals surface area contributed by atoms with Crippen molar-refractivity contribution in [2.24, 2.45) is 0 Å². The molecular weight excluding hydrogens is 354 g/mol. The van der Waals surface area contributed by atoms with Crippen LogP contribution in [0.1, 0.15) is 28.4 Å². The van der Waals surface area contributed by atoms with Crippen LogP contribution >= 0.6 is 0 Å². The molecule has 1 aromatic heterocycles. The number of carbonyl (C=O) groups is 1. The average molecular weight is 373 g/mol. The van der Waals surface area contributed by atoms with E-state index < -0.39 is 5.97 Å². The number of carbonyl (C=O) groups excluding carboxylic acids is 1. The van der Waals surface area contributed by atoms with Crippen molar-refractivity contribution in [3.8, 4) is 28.8 Å². The van der Waals surface area contributed by atoms with Crippen LogP contribution in [0.25, 0.3) is 11.3 Å². The van der Waals surface area contributed by atoms with Gasteiger partial charge in [-0.2, -0.15) is 5.10 Å². The van der Waals surface area contributed by atoms with Gasteiger partial charge in [-0.25, -0.2) is 4.79 Å². The summed E-state index contributed by atoms with van der Waals surface area (Å²) >= 11 is 0. The molecule has 0 atom stereocenters. The standard InChI is InChI=1S/C22H19N3O3/c1-3-23-18-10-6-15(7-11-18)5-8-17-14-24-25-21(17)19-13-16(9-12-20(19)26)22(27)28-4-2/h3,6-7,9-14,23,26H,1,4H2,2H3,(H,24,25). The number of phenolic OH excluding ortho intramolecular Hbond substituents is 1. The number of benzene rings is 2. The largest absolute Gasteiger partial charge is 0.507 e. The molecule has 0 spiro atoms. The molecule has 0 amide bonds. The quantitative estimate of drug-likeness (QED) is 0.466. The number of nitrogens with one attached hydrogen (secondary N) is 2. The number of esters is 1. The number of aromatic hydroxyl groups is 1. The number of anilines is 1. The first-order chi connectivity index (χ1) is 13.6. The Labute approximate surface area is 162 Å². The van der Waals surface area contributed by atoms with Crippen LogP contribution in [0.2, 0.25) is 0 Å². The first-order valence-corrected chi connectivity index (χ1v) is 8.65. The fourth-order valence-corrected chi connectivity index (χ4v) is 2.57. The lowest BCUT2D eigenvalue weighted by molar-refractivity contribution is 0.0526. The molecule has 6 heteroatoms. The fourth-order valence-electron chi connectivity index (χ4n) is 2.57. The van der Waals surface area contributed by atoms with E-state index in [1.807, 2.05) is 24.3 Å². The Hall–Kier alpha value is -3.98. The van der Waals surface area contributed by atoms with Gasteiger partial charge in [-0.05, 0) is 55.6 Å². The predicted molar refractivity (Wildman–Crippen MR) is 108 cm³/mol. The normalized spacial score (nSPS) is 9.89. The molecule has 0 bridgehead atoms. The lowest BCUT2D eigenvalue weighted by Gasteiger charge is -2.06. The van der Waals surface area contributed by atoms with Crippen LogP contribution < -0.4 is 5.32 Å². The van der Waals surface area contributed by atoms with E-state index in [4.69, 9.17) is 4.74 Å². The molecule has 28 heavy (non-hydrogen) atoms. The van der Waals surface area contributed by atoms with Crippen molar-refractivity contribution < 1.29 is 14.6 Å². The Morgan fingerprint density at radius 3 is 2.79 bits per heavy atom. The summed E-state index contributed by atoms with van der Waals surface area (Å²) in [4.78, 5) is 12.0. The van der Waals surface area contributed by atoms with Gasteiger partial charge in [-0.1, -0.05) is 18.4 Å². The van der Waals surface area contributed by atoms with Crippen molar-refractivity contribution in [3.63, 3.8) is 0 Å². The topological polar surface area (TPSA) is 87.2 Å². The number of phenols is 1. The van der Waals surface area contributed by atoms with Gasteiger partial charge in [0.25, 0.3) is 0 Å². The molecular formula is C22H19N3O3. The van der Waals surface area contributed by atoms with Gasteiger partial charge in [0.15, 0.2) is 0 Å². The van der Waals surface area contributed by atoms with Crippen molar-refractivity contribution in [2.45, 2.75) is 6.92 Å². The predicted octanol–water partition coefficient (Wildman–Crippen LogP) is 3.91. The van der Waals surface area contributed by atoms with E-state index in [9.17, 15) is 9.90 Å². The molecule has 3 aromatic rings. The highest BCUT2D eigenvalue weighted by Crippen LogP contribution is 2.31. The molecule has 0 radical (unpaired) electrons. The van der Waals surface area contributed by atoms with Gasteiger partial charge < -0.3 is 15.2 Å². The lowest BCUT2D eigenvalue weighted by atomic mass is 10.0. The smallest absolute Gasteiger partial charge is 0.338 e. The highest BCUT2D eigenvalue weighted by molar-refractivity contribution is 5.92. The molecule has 3 N–H and O–H groups in total. The number of aromatic nitrogens is 2. The summed E-state index contributed by atoms with van der Waals surface area (Å²) in [6, 6.07) is 12.1. The zero-order chi connectivity index (χ0) is 19.9. The van der Waals surface area contributed by atoms with Gasteiger partial charge in [0, 0.05) is 16.8 Å². The van der Waals surface area contributed by atoms with Crippen molar-refractivity contribution in [3.05, 3.63) is 78.1 Å². The van der Waals surface area contributed by atoms with E-state index in [0.29, 0.717) is 22.4 Å². The maximum absolute atomic E-state index is 12.0. The number of H-pyrrole nitrogens is 1. The molecule has 6 nitrogen and oxygen atoms in total. The first kappa shape index (κ1) is 18.8. The average Bonchev–Trinajstić information content (AvgIpc) is 3.16. The summed E-state index contributed by atoms with van der Waals surface area (Å²) in [5.41, 5.74) is 3.65. The third kappa shape index (κ3) is 4.22. The van der Waals surface area contributed by atoms with Crippen molar-refractivity contribution >= 4 is 11.7 Å². The third-order valence-corrected chi connectivity index (χ3v) is 3.91. The zero-order valence-electron chi connectivity index (χ0n) is 15.3. The molecule has 0 unspecified atom stereocenters. The second kappa shape index (κ2) is 8.60. The lowest BCUT2D eigenvalue weighted by Crippen LogP contribution is -2.04. The maximum atomic E-state index is 12.0. The van der Waals surface area contributed by atoms with E-state index >= 15 is 0 Å². The molecule has 0 aliphatic heterocycles. The number of hydrogen-bond acceptors (Lipinski definition) is 5. The van der Waals surface area contributed by atoms with Gasteiger partial charge in [-0.15, -0.1) is 0 Å². The summed E-state index contributed by atoms with van der Waals surface area (Å²) < 4.78 is 5.02. The van der Waals surface area contributed by atoms with Gasteiger partial charge in [-0.3, -0.25) is 5.10 Å². The zero-order valence-corrected chi connectivity index (χ0v) is 15.3. The van der Waals surface area contributed by atoms with E-state index in [-0.39, 0.29) is 12.4 Å². The van der Waals surface area contributed by atoms with Crippen LogP contribution in [-0.4, -0.2) is 27.9 Å². The minimum absolute atomic E-state index is 0.0141. The van der Waals surface area contributed by atoms with Crippen molar-refractivity contribution in [1.82, 2.24) is 10.2 Å². The fraction of sp³-hybridized carbons (Fsp3) is 0.0909. The Kier molecular flexibility index (Phi) is 5.78. The minimum Gasteiger partial charge on any atom is -0.507 e. The second-order valence-corrected chi connectivity index (χ2v) is 5.79. The van der Waals surface area contributed by atoms with Crippen LogP contribution in [0, 0.1) is 11.8 Å². The van der Waals surface area contributed by atoms with Crippen molar-refractivity contribution in [1.29, 1.82) is 0 Å². The molecule has 140 valence electrons. The minimum atomic E-state index is -0.455. The molecule has 0 fully saturated rings. The number of ether oxygens (including phenoxy) is 1. The molecule has 1 heterocycles. The maximum Gasteiger partial charge on any atom is 0.338 e. The van der Waals surface area contributed by atoms with Crippen molar-refractivity contribution in [2.75, 3.05) is 11.9 Å². The van der Waals surface area contributed by atoms with Gasteiger partial charge >= 0.3 is 5.97 Å². The molecule has 2 aromatic carbocycles.